The van der Waals surface area contributed by atoms with Gasteiger partial charge >= 0.3 is 5.97 Å². The van der Waals surface area contributed by atoms with Crippen molar-refractivity contribution in [1.29, 1.82) is 0 Å². The number of benzene rings is 1. The van der Waals surface area contributed by atoms with Gasteiger partial charge in [-0.1, -0.05) is 30.3 Å². The van der Waals surface area contributed by atoms with Crippen LogP contribution >= 0.6 is 11.3 Å². The Labute approximate surface area is 114 Å². The van der Waals surface area contributed by atoms with Gasteiger partial charge in [0.15, 0.2) is 0 Å². The first-order valence-corrected chi connectivity index (χ1v) is 6.62. The summed E-state index contributed by atoms with van der Waals surface area (Å²) in [6.45, 7) is 0. The second-order valence-corrected chi connectivity index (χ2v) is 5.15. The van der Waals surface area contributed by atoms with Gasteiger partial charge in [0, 0.05) is 23.3 Å². The highest BCUT2D eigenvalue weighted by molar-refractivity contribution is 7.20. The maximum Gasteiger partial charge on any atom is 0.348 e. The van der Waals surface area contributed by atoms with Crippen LogP contribution in [0.5, 0.6) is 0 Å². The van der Waals surface area contributed by atoms with E-state index in [9.17, 15) is 4.79 Å². The van der Waals surface area contributed by atoms with Crippen molar-refractivity contribution in [2.45, 2.75) is 0 Å². The molecule has 0 aliphatic heterocycles. The number of carbonyl (C=O) groups is 1. The summed E-state index contributed by atoms with van der Waals surface area (Å²) in [6.07, 6.45) is 3.60. The van der Waals surface area contributed by atoms with Crippen LogP contribution in [0, 0.1) is 0 Å². The molecule has 0 N–H and O–H groups in total. The van der Waals surface area contributed by atoms with E-state index >= 15 is 0 Å². The molecule has 0 fully saturated rings. The molecule has 4 heteroatoms. The summed E-state index contributed by atoms with van der Waals surface area (Å²) in [6, 6.07) is 11.9. The number of methoxy groups -OCH3 is 1. The van der Waals surface area contributed by atoms with Crippen molar-refractivity contribution in [3.05, 3.63) is 53.7 Å². The lowest BCUT2D eigenvalue weighted by molar-refractivity contribution is 0.0606. The predicted molar refractivity (Wildman–Crippen MR) is 76.4 cm³/mol. The molecule has 0 radical (unpaired) electrons. The Morgan fingerprint density at radius 2 is 2.00 bits per heavy atom. The maximum absolute atomic E-state index is 11.6. The van der Waals surface area contributed by atoms with Gasteiger partial charge in [0.25, 0.3) is 0 Å². The first-order chi connectivity index (χ1) is 9.29. The highest BCUT2D eigenvalue weighted by Crippen LogP contribution is 2.33. The van der Waals surface area contributed by atoms with Gasteiger partial charge in [-0.05, 0) is 11.6 Å². The SMILES string of the molecule is COC(=O)c1cc2c(-c3ccccc3)cncc2s1. The molecule has 0 spiro atoms. The van der Waals surface area contributed by atoms with Gasteiger partial charge in [0.1, 0.15) is 4.88 Å². The molecule has 0 unspecified atom stereocenters. The standard InChI is InChI=1S/C15H11NO2S/c1-18-15(17)13-7-11-12(8-16-9-14(11)19-13)10-5-3-2-4-6-10/h2-9H,1H3. The maximum atomic E-state index is 11.6. The lowest BCUT2D eigenvalue weighted by atomic mass is 10.0. The molecular formula is C15H11NO2S. The molecular weight excluding hydrogens is 258 g/mol. The molecule has 0 saturated carbocycles. The zero-order chi connectivity index (χ0) is 13.2. The molecule has 19 heavy (non-hydrogen) atoms. The predicted octanol–water partition coefficient (Wildman–Crippen LogP) is 3.75. The first-order valence-electron chi connectivity index (χ1n) is 5.81. The van der Waals surface area contributed by atoms with E-state index in [1.54, 1.807) is 6.20 Å². The smallest absolute Gasteiger partial charge is 0.348 e. The molecule has 3 rings (SSSR count). The largest absolute Gasteiger partial charge is 0.465 e. The molecule has 3 aromatic rings. The Morgan fingerprint density at radius 3 is 2.74 bits per heavy atom. The Balaban J connectivity index is 2.21. The Hall–Kier alpha value is -2.20. The van der Waals surface area contributed by atoms with Crippen molar-refractivity contribution in [2.24, 2.45) is 0 Å². The second-order valence-electron chi connectivity index (χ2n) is 4.07. The zero-order valence-electron chi connectivity index (χ0n) is 10.3. The minimum Gasteiger partial charge on any atom is -0.465 e. The molecule has 0 aliphatic carbocycles. The van der Waals surface area contributed by atoms with Crippen molar-refractivity contribution < 1.29 is 9.53 Å². The monoisotopic (exact) mass is 269 g/mol. The number of hydrogen-bond donors (Lipinski definition) is 0. The van der Waals surface area contributed by atoms with Crippen molar-refractivity contribution in [3.8, 4) is 11.1 Å². The third kappa shape index (κ3) is 2.11. The summed E-state index contributed by atoms with van der Waals surface area (Å²) >= 11 is 1.40. The van der Waals surface area contributed by atoms with E-state index in [1.807, 2.05) is 42.6 Å². The lowest BCUT2D eigenvalue weighted by Crippen LogP contribution is -1.96. The van der Waals surface area contributed by atoms with E-state index in [0.717, 1.165) is 21.2 Å². The van der Waals surface area contributed by atoms with Crippen LogP contribution in [-0.4, -0.2) is 18.1 Å². The minimum absolute atomic E-state index is 0.305. The quantitative estimate of drug-likeness (QED) is 0.665. The van der Waals surface area contributed by atoms with Gasteiger partial charge in [-0.3, -0.25) is 4.98 Å². The zero-order valence-corrected chi connectivity index (χ0v) is 11.1. The number of thiophene rings is 1. The third-order valence-corrected chi connectivity index (χ3v) is 3.97. The number of carbonyl (C=O) groups excluding carboxylic acids is 1. The summed E-state index contributed by atoms with van der Waals surface area (Å²) in [5.74, 6) is -0.305. The van der Waals surface area contributed by atoms with Gasteiger partial charge < -0.3 is 4.74 Å². The molecule has 0 amide bonds. The summed E-state index contributed by atoms with van der Waals surface area (Å²) < 4.78 is 5.75. The number of hydrogen-bond acceptors (Lipinski definition) is 4. The molecule has 0 saturated heterocycles. The highest BCUT2D eigenvalue weighted by atomic mass is 32.1. The molecule has 2 heterocycles. The van der Waals surface area contributed by atoms with E-state index in [4.69, 9.17) is 4.74 Å². The molecule has 0 atom stereocenters. The highest BCUT2D eigenvalue weighted by Gasteiger charge is 2.13. The molecule has 3 nitrogen and oxygen atoms in total. The summed E-state index contributed by atoms with van der Waals surface area (Å²) in [5, 5.41) is 1.03. The number of aromatic nitrogens is 1. The van der Waals surface area contributed by atoms with Crippen LogP contribution in [0.1, 0.15) is 9.67 Å². The molecule has 1 aromatic carbocycles. The van der Waals surface area contributed by atoms with Crippen molar-refractivity contribution in [3.63, 3.8) is 0 Å². The Morgan fingerprint density at radius 1 is 1.21 bits per heavy atom. The Kier molecular flexibility index (Phi) is 3.01. The molecule has 94 valence electrons. The fourth-order valence-corrected chi connectivity index (χ4v) is 2.98. The summed E-state index contributed by atoms with van der Waals surface area (Å²) in [4.78, 5) is 16.4. The first kappa shape index (κ1) is 11.9. The van der Waals surface area contributed by atoms with Gasteiger partial charge in [0.2, 0.25) is 0 Å². The second kappa shape index (κ2) is 4.82. The Bertz CT molecular complexity index is 734. The van der Waals surface area contributed by atoms with Crippen molar-refractivity contribution >= 4 is 27.4 Å². The topological polar surface area (TPSA) is 39.2 Å². The van der Waals surface area contributed by atoms with Gasteiger partial charge in [-0.2, -0.15) is 0 Å². The van der Waals surface area contributed by atoms with Gasteiger partial charge in [-0.15, -0.1) is 11.3 Å². The van der Waals surface area contributed by atoms with Crippen LogP contribution < -0.4 is 0 Å². The third-order valence-electron chi connectivity index (χ3n) is 2.92. The fourth-order valence-electron chi connectivity index (χ4n) is 2.01. The average Bonchev–Trinajstić information content (AvgIpc) is 2.91. The van der Waals surface area contributed by atoms with Crippen LogP contribution in [0.4, 0.5) is 0 Å². The van der Waals surface area contributed by atoms with Gasteiger partial charge in [0.05, 0.1) is 11.8 Å². The molecule has 0 bridgehead atoms. The minimum atomic E-state index is -0.305. The fraction of sp³-hybridized carbons (Fsp3) is 0.0667. The number of esters is 1. The van der Waals surface area contributed by atoms with Crippen molar-refractivity contribution in [2.75, 3.05) is 7.11 Å². The van der Waals surface area contributed by atoms with Crippen LogP contribution in [-0.2, 0) is 4.74 Å². The van der Waals surface area contributed by atoms with E-state index in [0.29, 0.717) is 4.88 Å². The number of pyridine rings is 1. The van der Waals surface area contributed by atoms with E-state index in [-0.39, 0.29) is 5.97 Å². The van der Waals surface area contributed by atoms with Gasteiger partial charge in [-0.25, -0.2) is 4.79 Å². The number of ether oxygens (including phenoxy) is 1. The summed E-state index contributed by atoms with van der Waals surface area (Å²) in [5.41, 5.74) is 2.12. The molecule has 0 aliphatic rings. The normalized spacial score (nSPS) is 10.6. The molecule has 2 aromatic heterocycles. The van der Waals surface area contributed by atoms with E-state index in [1.165, 1.54) is 18.4 Å². The van der Waals surface area contributed by atoms with Crippen molar-refractivity contribution in [1.82, 2.24) is 4.98 Å². The summed E-state index contributed by atoms with van der Waals surface area (Å²) in [7, 11) is 1.39. The van der Waals surface area contributed by atoms with E-state index in [2.05, 4.69) is 4.98 Å². The van der Waals surface area contributed by atoms with Crippen LogP contribution in [0.25, 0.3) is 21.2 Å². The number of rotatable bonds is 2. The number of nitrogens with zero attached hydrogens (tertiary/aromatic N) is 1. The lowest BCUT2D eigenvalue weighted by Gasteiger charge is -2.01. The van der Waals surface area contributed by atoms with Crippen LogP contribution in [0.15, 0.2) is 48.8 Å². The van der Waals surface area contributed by atoms with Crippen LogP contribution in [0.3, 0.4) is 0 Å². The van der Waals surface area contributed by atoms with Crippen LogP contribution in [0.2, 0.25) is 0 Å². The van der Waals surface area contributed by atoms with E-state index < -0.39 is 0 Å². The number of fused-ring (bicyclic) bond motifs is 1. The average molecular weight is 269 g/mol.